The van der Waals surface area contributed by atoms with E-state index in [4.69, 9.17) is 21.1 Å². The number of fused-ring (bicyclic) bond motifs is 1. The molecule has 0 fully saturated rings. The average molecular weight is 425 g/mol. The summed E-state index contributed by atoms with van der Waals surface area (Å²) in [7, 11) is 0. The average Bonchev–Trinajstić information content (AvgIpc) is 3.26. The summed E-state index contributed by atoms with van der Waals surface area (Å²) in [4.78, 5) is 26.0. The number of ether oxygens (including phenoxy) is 2. The number of carbonyl (C=O) groups excluding carboxylic acids is 2. The molecule has 0 radical (unpaired) electrons. The fourth-order valence-electron chi connectivity index (χ4n) is 3.04. The molecule has 1 aliphatic heterocycles. The Kier molecular flexibility index (Phi) is 5.26. The standard InChI is InChI=1S/C23H17ClO4S/c1-13-9-10-29-21(13)11-20-22(26)17-7-8-19(14(2)23(17)28-20)27-12-18(25)15-3-5-16(24)6-4-15/h3-11H,12H2,1-2H3/b20-11-. The van der Waals surface area contributed by atoms with Gasteiger partial charge in [-0.1, -0.05) is 11.6 Å². The summed E-state index contributed by atoms with van der Waals surface area (Å²) in [5.41, 5.74) is 2.80. The third-order valence-electron chi connectivity index (χ3n) is 4.73. The molecule has 2 heterocycles. The molecule has 0 spiro atoms. The van der Waals surface area contributed by atoms with E-state index in [1.165, 1.54) is 0 Å². The van der Waals surface area contributed by atoms with Crippen LogP contribution in [0.5, 0.6) is 11.5 Å². The summed E-state index contributed by atoms with van der Waals surface area (Å²) in [5, 5.41) is 2.55. The molecular weight excluding hydrogens is 408 g/mol. The molecule has 1 aromatic heterocycles. The molecule has 0 saturated heterocycles. The van der Waals surface area contributed by atoms with Gasteiger partial charge in [-0.05, 0) is 67.3 Å². The molecule has 0 aliphatic carbocycles. The van der Waals surface area contributed by atoms with Gasteiger partial charge in [0, 0.05) is 27.1 Å². The first-order valence-electron chi connectivity index (χ1n) is 8.97. The molecular formula is C23H17ClO4S. The van der Waals surface area contributed by atoms with Gasteiger partial charge < -0.3 is 9.47 Å². The van der Waals surface area contributed by atoms with Crippen LogP contribution in [0.3, 0.4) is 0 Å². The van der Waals surface area contributed by atoms with Gasteiger partial charge in [-0.3, -0.25) is 9.59 Å². The Morgan fingerprint density at radius 2 is 1.90 bits per heavy atom. The second kappa shape index (κ2) is 7.85. The SMILES string of the molecule is Cc1ccsc1/C=C1\Oc2c(ccc(OCC(=O)c3ccc(Cl)cc3)c2C)C1=O. The van der Waals surface area contributed by atoms with Crippen molar-refractivity contribution < 1.29 is 19.1 Å². The lowest BCUT2D eigenvalue weighted by Crippen LogP contribution is -2.12. The third kappa shape index (κ3) is 3.84. The van der Waals surface area contributed by atoms with Gasteiger partial charge in [0.15, 0.2) is 18.1 Å². The highest BCUT2D eigenvalue weighted by atomic mass is 35.5. The van der Waals surface area contributed by atoms with Gasteiger partial charge in [0.25, 0.3) is 0 Å². The molecule has 0 saturated carbocycles. The van der Waals surface area contributed by atoms with Crippen LogP contribution in [0.4, 0.5) is 0 Å². The molecule has 29 heavy (non-hydrogen) atoms. The number of hydrogen-bond acceptors (Lipinski definition) is 5. The van der Waals surface area contributed by atoms with Crippen molar-refractivity contribution in [2.24, 2.45) is 0 Å². The summed E-state index contributed by atoms with van der Waals surface area (Å²) in [6, 6.07) is 12.0. The van der Waals surface area contributed by atoms with Crippen molar-refractivity contribution in [3.8, 4) is 11.5 Å². The minimum Gasteiger partial charge on any atom is -0.485 e. The van der Waals surface area contributed by atoms with Crippen LogP contribution in [0, 0.1) is 13.8 Å². The summed E-state index contributed by atoms with van der Waals surface area (Å²) in [6.07, 6.45) is 1.77. The third-order valence-corrected chi connectivity index (χ3v) is 5.94. The van der Waals surface area contributed by atoms with E-state index < -0.39 is 0 Å². The molecule has 146 valence electrons. The zero-order chi connectivity index (χ0) is 20.5. The number of benzene rings is 2. The topological polar surface area (TPSA) is 52.6 Å². The van der Waals surface area contributed by atoms with Crippen molar-refractivity contribution in [2.45, 2.75) is 13.8 Å². The molecule has 2 aromatic carbocycles. The van der Waals surface area contributed by atoms with Crippen molar-refractivity contribution in [1.29, 1.82) is 0 Å². The Balaban J connectivity index is 1.53. The predicted octanol–water partition coefficient (Wildman–Crippen LogP) is 5.90. The maximum Gasteiger partial charge on any atom is 0.232 e. The van der Waals surface area contributed by atoms with E-state index in [9.17, 15) is 9.59 Å². The molecule has 0 unspecified atom stereocenters. The van der Waals surface area contributed by atoms with Crippen molar-refractivity contribution in [2.75, 3.05) is 6.61 Å². The van der Waals surface area contributed by atoms with Gasteiger partial charge in [-0.25, -0.2) is 0 Å². The summed E-state index contributed by atoms with van der Waals surface area (Å²) in [6.45, 7) is 3.68. The largest absolute Gasteiger partial charge is 0.485 e. The molecule has 0 amide bonds. The Hall–Kier alpha value is -2.89. The number of allylic oxidation sites excluding steroid dienone is 1. The van der Waals surface area contributed by atoms with Crippen LogP contribution in [0.15, 0.2) is 53.6 Å². The van der Waals surface area contributed by atoms with E-state index in [1.807, 2.05) is 25.3 Å². The fourth-order valence-corrected chi connectivity index (χ4v) is 4.01. The number of halogens is 1. The van der Waals surface area contributed by atoms with Crippen LogP contribution < -0.4 is 9.47 Å². The first-order valence-corrected chi connectivity index (χ1v) is 10.2. The van der Waals surface area contributed by atoms with Crippen molar-refractivity contribution in [1.82, 2.24) is 0 Å². The van der Waals surface area contributed by atoms with E-state index in [1.54, 1.807) is 53.8 Å². The first-order chi connectivity index (χ1) is 13.9. The van der Waals surface area contributed by atoms with E-state index in [0.717, 1.165) is 10.4 Å². The van der Waals surface area contributed by atoms with Gasteiger partial charge in [0.1, 0.15) is 11.5 Å². The minimum absolute atomic E-state index is 0.119. The molecule has 3 aromatic rings. The summed E-state index contributed by atoms with van der Waals surface area (Å²) < 4.78 is 11.6. The number of Topliss-reactive ketones (excluding diaryl/α,β-unsaturated/α-hetero) is 2. The van der Waals surface area contributed by atoms with Gasteiger partial charge in [-0.2, -0.15) is 0 Å². The highest BCUT2D eigenvalue weighted by molar-refractivity contribution is 7.11. The highest BCUT2D eigenvalue weighted by Crippen LogP contribution is 2.39. The molecule has 0 N–H and O–H groups in total. The molecule has 0 bridgehead atoms. The molecule has 0 atom stereocenters. The quantitative estimate of drug-likeness (QED) is 0.378. The van der Waals surface area contributed by atoms with E-state index in [0.29, 0.717) is 39.0 Å². The van der Waals surface area contributed by atoms with E-state index in [2.05, 4.69) is 0 Å². The highest BCUT2D eigenvalue weighted by Gasteiger charge is 2.30. The predicted molar refractivity (Wildman–Crippen MR) is 114 cm³/mol. The number of thiophene rings is 1. The number of rotatable bonds is 5. The van der Waals surface area contributed by atoms with E-state index in [-0.39, 0.29) is 18.2 Å². The maximum atomic E-state index is 12.7. The van der Waals surface area contributed by atoms with Crippen LogP contribution >= 0.6 is 22.9 Å². The van der Waals surface area contributed by atoms with Gasteiger partial charge in [-0.15, -0.1) is 11.3 Å². The normalized spacial score (nSPS) is 14.0. The first kappa shape index (κ1) is 19.4. The summed E-state index contributed by atoms with van der Waals surface area (Å²) >= 11 is 7.41. The second-order valence-corrected chi connectivity index (χ2v) is 8.08. The fraction of sp³-hybridized carbons (Fsp3) is 0.130. The lowest BCUT2D eigenvalue weighted by molar-refractivity contribution is 0.0920. The molecule has 4 nitrogen and oxygen atoms in total. The Morgan fingerprint density at radius 1 is 1.14 bits per heavy atom. The molecule has 6 heteroatoms. The Labute approximate surface area is 177 Å². The van der Waals surface area contributed by atoms with Gasteiger partial charge in [0.2, 0.25) is 5.78 Å². The van der Waals surface area contributed by atoms with Crippen LogP contribution in [-0.2, 0) is 0 Å². The van der Waals surface area contributed by atoms with Crippen molar-refractivity contribution in [3.63, 3.8) is 0 Å². The van der Waals surface area contributed by atoms with Crippen LogP contribution in [0.2, 0.25) is 5.02 Å². The zero-order valence-electron chi connectivity index (χ0n) is 15.8. The summed E-state index contributed by atoms with van der Waals surface area (Å²) in [5.74, 6) is 0.967. The number of hydrogen-bond donors (Lipinski definition) is 0. The van der Waals surface area contributed by atoms with Crippen molar-refractivity contribution >= 4 is 40.6 Å². The smallest absolute Gasteiger partial charge is 0.232 e. The minimum atomic E-state index is -0.160. The van der Waals surface area contributed by atoms with Gasteiger partial charge in [0.05, 0.1) is 5.56 Å². The van der Waals surface area contributed by atoms with Crippen LogP contribution in [0.25, 0.3) is 6.08 Å². The molecule has 1 aliphatic rings. The molecule has 4 rings (SSSR count). The van der Waals surface area contributed by atoms with Crippen LogP contribution in [0.1, 0.15) is 36.7 Å². The lowest BCUT2D eigenvalue weighted by Gasteiger charge is -2.11. The maximum absolute atomic E-state index is 12.7. The van der Waals surface area contributed by atoms with Gasteiger partial charge >= 0.3 is 0 Å². The Morgan fingerprint density at radius 3 is 2.59 bits per heavy atom. The lowest BCUT2D eigenvalue weighted by atomic mass is 10.1. The monoisotopic (exact) mass is 424 g/mol. The van der Waals surface area contributed by atoms with Crippen molar-refractivity contribution in [3.05, 3.63) is 85.8 Å². The number of ketones is 2. The van der Waals surface area contributed by atoms with Crippen LogP contribution in [-0.4, -0.2) is 18.2 Å². The Bertz CT molecular complexity index is 1140. The second-order valence-electron chi connectivity index (χ2n) is 6.69. The number of carbonyl (C=O) groups is 2. The van der Waals surface area contributed by atoms with E-state index >= 15 is 0 Å². The zero-order valence-corrected chi connectivity index (χ0v) is 17.4. The number of aryl methyl sites for hydroxylation is 1.